The molecule has 0 bridgehead atoms. The zero-order chi connectivity index (χ0) is 34.2. The van der Waals surface area contributed by atoms with Gasteiger partial charge in [0.15, 0.2) is 5.69 Å². The minimum atomic E-state index is -0.261. The fraction of sp³-hybridized carbons (Fsp3) is 0.529. The second-order valence-corrected chi connectivity index (χ2v) is 15.8. The van der Waals surface area contributed by atoms with Crippen molar-refractivity contribution < 1.29 is 9.53 Å². The summed E-state index contributed by atoms with van der Waals surface area (Å²) >= 11 is 8.34. The summed E-state index contributed by atoms with van der Waals surface area (Å²) in [6.45, 7) is 17.7. The summed E-state index contributed by atoms with van der Waals surface area (Å²) < 4.78 is 8.32. The third-order valence-corrected chi connectivity index (χ3v) is 12.4. The Hall–Kier alpha value is -4.37. The number of aromatic nitrogens is 4. The highest BCUT2D eigenvalue weighted by molar-refractivity contribution is 7.16. The number of hydrogen-bond donors (Lipinski definition) is 1. The molecular formula is C34H38ClN11O2S. The van der Waals surface area contributed by atoms with E-state index in [2.05, 4.69) is 32.4 Å². The molecule has 0 radical (unpaired) electrons. The first-order chi connectivity index (χ1) is 23.6. The van der Waals surface area contributed by atoms with E-state index in [1.54, 1.807) is 18.8 Å². The van der Waals surface area contributed by atoms with Crippen molar-refractivity contribution in [1.82, 2.24) is 29.5 Å². The average molecular weight is 700 g/mol. The van der Waals surface area contributed by atoms with Crippen LogP contribution in [0.2, 0.25) is 5.02 Å². The van der Waals surface area contributed by atoms with Gasteiger partial charge in [-0.25, -0.2) is 4.85 Å². The molecule has 0 saturated carbocycles. The molecule has 1 unspecified atom stereocenters. The van der Waals surface area contributed by atoms with Crippen LogP contribution in [-0.4, -0.2) is 94.4 Å². The summed E-state index contributed by atoms with van der Waals surface area (Å²) in [6, 6.07) is 2.58. The molecule has 3 aromatic rings. The van der Waals surface area contributed by atoms with Crippen LogP contribution in [0.1, 0.15) is 64.3 Å². The van der Waals surface area contributed by atoms with Crippen molar-refractivity contribution in [1.29, 1.82) is 5.26 Å². The molecular weight excluding hydrogens is 662 g/mol. The highest BCUT2D eigenvalue weighted by Gasteiger charge is 2.52. The predicted octanol–water partition coefficient (Wildman–Crippen LogP) is 4.38. The monoisotopic (exact) mass is 699 g/mol. The summed E-state index contributed by atoms with van der Waals surface area (Å²) in [4.78, 5) is 36.0. The van der Waals surface area contributed by atoms with Crippen molar-refractivity contribution in [2.75, 3.05) is 69.0 Å². The Morgan fingerprint density at radius 1 is 1.18 bits per heavy atom. The van der Waals surface area contributed by atoms with Crippen molar-refractivity contribution in [3.8, 4) is 12.1 Å². The number of hydrogen-bond acceptors (Lipinski definition) is 11. The fourth-order valence-electron chi connectivity index (χ4n) is 8.65. The smallest absolute Gasteiger partial charge is 0.317 e. The van der Waals surface area contributed by atoms with Gasteiger partial charge in [0.2, 0.25) is 0 Å². The van der Waals surface area contributed by atoms with Crippen LogP contribution < -0.4 is 20.3 Å². The number of amides is 1. The summed E-state index contributed by atoms with van der Waals surface area (Å²) in [5.41, 5.74) is 10.1. The number of fused-ring (bicyclic) bond motifs is 4. The number of anilines is 3. The lowest BCUT2D eigenvalue weighted by Crippen LogP contribution is -2.59. The standard InChI is InChI=1S/C34H38ClN11O2S/c1-20-13-34(8-5-11-45(34)15-20)19-48-32-39-29(43-10-6-12-46-22(16-43)25(35)26(41-46)31(47)42(3)4)27(38-2)30(40-32)44-17-33(18-44)9-7-23-24(33)21(14-36)28(37)49-23/h1,5-13,15-19,37H2,3-4H3. The zero-order valence-electron chi connectivity index (χ0n) is 27.8. The molecule has 1 amide bonds. The minimum Gasteiger partial charge on any atom is -0.461 e. The van der Waals surface area contributed by atoms with Gasteiger partial charge in [0.05, 0.1) is 34.9 Å². The Morgan fingerprint density at radius 2 is 1.96 bits per heavy atom. The summed E-state index contributed by atoms with van der Waals surface area (Å²) in [5, 5.41) is 15.4. The van der Waals surface area contributed by atoms with Crippen LogP contribution in [-0.2, 0) is 24.9 Å². The first-order valence-corrected chi connectivity index (χ1v) is 17.9. The highest BCUT2D eigenvalue weighted by atomic mass is 35.5. The molecule has 49 heavy (non-hydrogen) atoms. The van der Waals surface area contributed by atoms with E-state index in [1.165, 1.54) is 26.7 Å². The molecule has 1 atom stereocenters. The lowest BCUT2D eigenvalue weighted by Gasteiger charge is -2.50. The van der Waals surface area contributed by atoms with E-state index in [1.807, 2.05) is 4.90 Å². The Bertz CT molecular complexity index is 1980. The summed E-state index contributed by atoms with van der Waals surface area (Å²) in [6.07, 6.45) is 5.55. The normalized spacial score (nSPS) is 22.3. The summed E-state index contributed by atoms with van der Waals surface area (Å²) in [5.74, 6) is 0.741. The molecule has 1 spiro atoms. The molecule has 13 nitrogen and oxygen atoms in total. The van der Waals surface area contributed by atoms with Crippen molar-refractivity contribution in [3.63, 3.8) is 0 Å². The van der Waals surface area contributed by atoms with Crippen LogP contribution in [0.3, 0.4) is 0 Å². The van der Waals surface area contributed by atoms with Crippen LogP contribution in [0.5, 0.6) is 6.01 Å². The zero-order valence-corrected chi connectivity index (χ0v) is 29.3. The van der Waals surface area contributed by atoms with Crippen LogP contribution in [0, 0.1) is 17.9 Å². The molecule has 15 heteroatoms. The highest BCUT2D eigenvalue weighted by Crippen LogP contribution is 2.54. The molecule has 0 aromatic carbocycles. The van der Waals surface area contributed by atoms with Gasteiger partial charge in [0.25, 0.3) is 11.6 Å². The molecule has 254 valence electrons. The molecule has 2 N–H and O–H groups in total. The third kappa shape index (κ3) is 4.95. The number of nitrogens with zero attached hydrogens (tertiary/aromatic N) is 10. The molecule has 3 aromatic heterocycles. The number of rotatable bonds is 6. The number of aryl methyl sites for hydroxylation is 2. The molecule has 8 rings (SSSR count). The predicted molar refractivity (Wildman–Crippen MR) is 188 cm³/mol. The lowest BCUT2D eigenvalue weighted by atomic mass is 9.74. The molecule has 4 aliphatic heterocycles. The van der Waals surface area contributed by atoms with E-state index in [9.17, 15) is 10.1 Å². The summed E-state index contributed by atoms with van der Waals surface area (Å²) in [7, 11) is 3.35. The van der Waals surface area contributed by atoms with Gasteiger partial charge in [-0.05, 0) is 50.6 Å². The maximum atomic E-state index is 12.9. The molecule has 5 aliphatic rings. The second-order valence-electron chi connectivity index (χ2n) is 14.3. The van der Waals surface area contributed by atoms with Crippen LogP contribution >= 0.6 is 22.9 Å². The fourth-order valence-corrected chi connectivity index (χ4v) is 10.1. The van der Waals surface area contributed by atoms with E-state index < -0.39 is 0 Å². The number of nitriles is 1. The van der Waals surface area contributed by atoms with Crippen molar-refractivity contribution in [3.05, 3.63) is 56.0 Å². The van der Waals surface area contributed by atoms with E-state index in [-0.39, 0.29) is 28.6 Å². The second kappa shape index (κ2) is 11.6. The molecule has 1 aliphatic carbocycles. The third-order valence-electron chi connectivity index (χ3n) is 11.0. The van der Waals surface area contributed by atoms with Gasteiger partial charge >= 0.3 is 6.01 Å². The van der Waals surface area contributed by atoms with E-state index >= 15 is 0 Å². The number of carbonyl (C=O) groups is 1. The van der Waals surface area contributed by atoms with E-state index in [0.29, 0.717) is 84.4 Å². The molecule has 3 saturated heterocycles. The Kier molecular flexibility index (Phi) is 7.55. The number of halogens is 1. The SMILES string of the molecule is [C-]#[N+]c1c(N2CCCn3nc(C(=O)N(C)C)c(Cl)c3C2)nc(OCC23CCCN2CC(=C)C3)nc1N1CC2(CCc3sc(N)c(C#N)c32)C1. The van der Waals surface area contributed by atoms with E-state index in [4.69, 9.17) is 38.6 Å². The van der Waals surface area contributed by atoms with Crippen LogP contribution in [0.15, 0.2) is 12.2 Å². The number of carbonyl (C=O) groups excluding carboxylic acids is 1. The number of nitrogen functional groups attached to an aromatic ring is 1. The first kappa shape index (κ1) is 31.9. The van der Waals surface area contributed by atoms with E-state index in [0.717, 1.165) is 50.8 Å². The minimum absolute atomic E-state index is 0.120. The maximum Gasteiger partial charge on any atom is 0.317 e. The van der Waals surface area contributed by atoms with Crippen LogP contribution in [0.25, 0.3) is 4.85 Å². The molecule has 3 fully saturated rings. The maximum absolute atomic E-state index is 12.9. The van der Waals surface area contributed by atoms with Crippen molar-refractivity contribution in [2.45, 2.75) is 62.6 Å². The topological polar surface area (TPSA) is 137 Å². The van der Waals surface area contributed by atoms with Crippen molar-refractivity contribution >= 4 is 51.2 Å². The number of thiophene rings is 1. The van der Waals surface area contributed by atoms with Gasteiger partial charge in [-0.3, -0.25) is 14.4 Å². The molecule has 7 heterocycles. The van der Waals surface area contributed by atoms with Gasteiger partial charge in [0, 0.05) is 57.1 Å². The average Bonchev–Trinajstić information content (AvgIpc) is 3.81. The van der Waals surface area contributed by atoms with Gasteiger partial charge < -0.3 is 25.2 Å². The quantitative estimate of drug-likeness (QED) is 0.292. The first-order valence-electron chi connectivity index (χ1n) is 16.7. The van der Waals surface area contributed by atoms with Gasteiger partial charge in [-0.2, -0.15) is 20.3 Å². The number of nitrogens with two attached hydrogens (primary N) is 1. The van der Waals surface area contributed by atoms with Gasteiger partial charge in [-0.15, -0.1) is 11.3 Å². The Labute approximate surface area is 294 Å². The lowest BCUT2D eigenvalue weighted by molar-refractivity contribution is 0.0821. The van der Waals surface area contributed by atoms with Gasteiger partial charge in [0.1, 0.15) is 29.3 Å². The number of ether oxygens (including phenoxy) is 1. The largest absolute Gasteiger partial charge is 0.461 e. The Morgan fingerprint density at radius 3 is 2.69 bits per heavy atom. The van der Waals surface area contributed by atoms with Crippen molar-refractivity contribution in [2.24, 2.45) is 0 Å². The van der Waals surface area contributed by atoms with Gasteiger partial charge in [-0.1, -0.05) is 23.8 Å². The van der Waals surface area contributed by atoms with Crippen LogP contribution in [0.4, 0.5) is 22.3 Å². The Balaban J connectivity index is 1.16.